The van der Waals surface area contributed by atoms with E-state index in [1.165, 1.54) is 0 Å². The highest BCUT2D eigenvalue weighted by Crippen LogP contribution is 2.32. The van der Waals surface area contributed by atoms with E-state index in [1.807, 2.05) is 36.4 Å². The summed E-state index contributed by atoms with van der Waals surface area (Å²) in [6.07, 6.45) is 3.04. The largest absolute Gasteiger partial charge is 0.454 e. The van der Waals surface area contributed by atoms with Crippen molar-refractivity contribution in [3.05, 3.63) is 83.0 Å². The fraction of sp³-hybridized carbons (Fsp3) is 0.182. The van der Waals surface area contributed by atoms with Crippen LogP contribution in [0.25, 0.3) is 0 Å². The van der Waals surface area contributed by atoms with Gasteiger partial charge in [0.1, 0.15) is 5.82 Å². The molecule has 28 heavy (non-hydrogen) atoms. The van der Waals surface area contributed by atoms with Crippen LogP contribution in [-0.4, -0.2) is 24.2 Å². The Bertz CT molecular complexity index is 987. The smallest absolute Gasteiger partial charge is 0.251 e. The minimum absolute atomic E-state index is 0.115. The number of carbonyl (C=O) groups excluding carboxylic acids is 1. The molecule has 2 heterocycles. The first-order valence-electron chi connectivity index (χ1n) is 9.05. The van der Waals surface area contributed by atoms with Crippen molar-refractivity contribution in [1.29, 1.82) is 0 Å². The molecule has 0 fully saturated rings. The summed E-state index contributed by atoms with van der Waals surface area (Å²) >= 11 is 0. The SMILES string of the molecule is Nc1ccc(Cc2cc[c]cc2C(=O)NCCc2ccc3c(c2)OCO3)cn1. The van der Waals surface area contributed by atoms with Crippen molar-refractivity contribution in [3.63, 3.8) is 0 Å². The number of hydrogen-bond donors (Lipinski definition) is 2. The highest BCUT2D eigenvalue weighted by atomic mass is 16.7. The number of nitrogens with one attached hydrogen (secondary N) is 1. The molecule has 0 unspecified atom stereocenters. The second-order valence-corrected chi connectivity index (χ2v) is 6.54. The fourth-order valence-electron chi connectivity index (χ4n) is 3.10. The van der Waals surface area contributed by atoms with Gasteiger partial charge in [0.2, 0.25) is 6.79 Å². The average Bonchev–Trinajstić information content (AvgIpc) is 3.18. The maximum Gasteiger partial charge on any atom is 0.251 e. The lowest BCUT2D eigenvalue weighted by molar-refractivity contribution is 0.0953. The Kier molecular flexibility index (Phi) is 5.10. The van der Waals surface area contributed by atoms with Gasteiger partial charge in [-0.05, 0) is 59.9 Å². The Hall–Kier alpha value is -3.54. The van der Waals surface area contributed by atoms with Gasteiger partial charge in [-0.1, -0.05) is 24.3 Å². The number of nitrogens with two attached hydrogens (primary N) is 1. The number of anilines is 1. The minimum Gasteiger partial charge on any atom is -0.454 e. The van der Waals surface area contributed by atoms with Crippen LogP contribution >= 0.6 is 0 Å². The van der Waals surface area contributed by atoms with Crippen molar-refractivity contribution in [2.45, 2.75) is 12.8 Å². The highest BCUT2D eigenvalue weighted by molar-refractivity contribution is 5.95. The summed E-state index contributed by atoms with van der Waals surface area (Å²) in [4.78, 5) is 16.8. The van der Waals surface area contributed by atoms with E-state index >= 15 is 0 Å². The molecule has 4 rings (SSSR count). The van der Waals surface area contributed by atoms with Crippen LogP contribution in [0.15, 0.2) is 54.7 Å². The summed E-state index contributed by atoms with van der Waals surface area (Å²) in [5.41, 5.74) is 9.25. The molecule has 6 nitrogen and oxygen atoms in total. The molecule has 2 aromatic carbocycles. The van der Waals surface area contributed by atoms with Gasteiger partial charge >= 0.3 is 0 Å². The summed E-state index contributed by atoms with van der Waals surface area (Å²) in [6, 6.07) is 17.9. The zero-order valence-electron chi connectivity index (χ0n) is 15.3. The highest BCUT2D eigenvalue weighted by Gasteiger charge is 2.14. The van der Waals surface area contributed by atoms with Crippen molar-refractivity contribution in [3.8, 4) is 11.5 Å². The number of nitrogens with zero attached hydrogens (tertiary/aromatic N) is 1. The normalized spacial score (nSPS) is 12.0. The van der Waals surface area contributed by atoms with E-state index in [4.69, 9.17) is 15.2 Å². The van der Waals surface area contributed by atoms with E-state index in [1.54, 1.807) is 18.3 Å². The molecule has 0 saturated carbocycles. The van der Waals surface area contributed by atoms with Crippen LogP contribution in [0.2, 0.25) is 0 Å². The number of benzene rings is 2. The van der Waals surface area contributed by atoms with Crippen molar-refractivity contribution in [2.24, 2.45) is 0 Å². The Morgan fingerprint density at radius 2 is 2.00 bits per heavy atom. The number of pyridine rings is 1. The molecule has 1 aliphatic heterocycles. The van der Waals surface area contributed by atoms with Crippen molar-refractivity contribution < 1.29 is 14.3 Å². The molecule has 1 radical (unpaired) electrons. The summed E-state index contributed by atoms with van der Waals surface area (Å²) in [6.45, 7) is 0.780. The van der Waals surface area contributed by atoms with Crippen LogP contribution in [0.3, 0.4) is 0 Å². The van der Waals surface area contributed by atoms with E-state index in [0.717, 1.165) is 28.2 Å². The first-order valence-corrected chi connectivity index (χ1v) is 9.05. The summed E-state index contributed by atoms with van der Waals surface area (Å²) in [5.74, 6) is 1.87. The minimum atomic E-state index is -0.115. The molecule has 1 aromatic heterocycles. The monoisotopic (exact) mass is 374 g/mol. The third-order valence-electron chi connectivity index (χ3n) is 4.58. The fourth-order valence-corrected chi connectivity index (χ4v) is 3.10. The van der Waals surface area contributed by atoms with Gasteiger partial charge in [0, 0.05) is 18.3 Å². The third kappa shape index (κ3) is 4.06. The molecular formula is C22H20N3O3. The van der Waals surface area contributed by atoms with Crippen molar-refractivity contribution >= 4 is 11.7 Å². The molecule has 0 atom stereocenters. The van der Waals surface area contributed by atoms with Crippen LogP contribution < -0.4 is 20.5 Å². The average molecular weight is 374 g/mol. The number of rotatable bonds is 6. The molecule has 6 heteroatoms. The Labute approximate surface area is 163 Å². The first kappa shape index (κ1) is 17.9. The Morgan fingerprint density at radius 1 is 1.14 bits per heavy atom. The summed E-state index contributed by atoms with van der Waals surface area (Å²) < 4.78 is 10.7. The second-order valence-electron chi connectivity index (χ2n) is 6.54. The molecule has 0 aliphatic carbocycles. The standard InChI is InChI=1S/C22H20N3O3/c23-21-8-6-16(13-25-21)11-17-3-1-2-4-18(17)22(26)24-10-9-15-5-7-19-20(12-15)28-14-27-19/h1,3-8,12-13H,9-11,14H2,(H2,23,25)(H,24,26). The molecule has 141 valence electrons. The van der Waals surface area contributed by atoms with Gasteiger partial charge in [0.05, 0.1) is 0 Å². The van der Waals surface area contributed by atoms with Gasteiger partial charge in [-0.2, -0.15) is 0 Å². The zero-order valence-corrected chi connectivity index (χ0v) is 15.3. The molecule has 1 amide bonds. The Morgan fingerprint density at radius 3 is 2.86 bits per heavy atom. The van der Waals surface area contributed by atoms with Gasteiger partial charge < -0.3 is 20.5 Å². The maximum absolute atomic E-state index is 12.7. The number of aromatic nitrogens is 1. The molecule has 3 N–H and O–H groups in total. The number of ether oxygens (including phenoxy) is 2. The number of carbonyl (C=O) groups is 1. The first-order chi connectivity index (χ1) is 13.7. The van der Waals surface area contributed by atoms with Crippen LogP contribution in [0.5, 0.6) is 11.5 Å². The molecule has 0 spiro atoms. The molecule has 3 aromatic rings. The number of amides is 1. The van der Waals surface area contributed by atoms with E-state index in [9.17, 15) is 4.79 Å². The van der Waals surface area contributed by atoms with Gasteiger partial charge in [-0.25, -0.2) is 4.98 Å². The predicted molar refractivity (Wildman–Crippen MR) is 105 cm³/mol. The second kappa shape index (κ2) is 8.00. The lowest BCUT2D eigenvalue weighted by atomic mass is 10.00. The topological polar surface area (TPSA) is 86.5 Å². The summed E-state index contributed by atoms with van der Waals surface area (Å²) in [7, 11) is 0. The summed E-state index contributed by atoms with van der Waals surface area (Å²) in [5, 5.41) is 2.98. The number of hydrogen-bond acceptors (Lipinski definition) is 5. The van der Waals surface area contributed by atoms with Gasteiger partial charge in [-0.3, -0.25) is 4.79 Å². The molecule has 1 aliphatic rings. The van der Waals surface area contributed by atoms with Crippen LogP contribution in [0, 0.1) is 6.07 Å². The van der Waals surface area contributed by atoms with Gasteiger partial charge in [-0.15, -0.1) is 0 Å². The molecular weight excluding hydrogens is 354 g/mol. The Balaban J connectivity index is 1.38. The lowest BCUT2D eigenvalue weighted by Gasteiger charge is -2.10. The maximum atomic E-state index is 12.7. The van der Waals surface area contributed by atoms with Crippen LogP contribution in [-0.2, 0) is 12.8 Å². The lowest BCUT2D eigenvalue weighted by Crippen LogP contribution is -2.26. The van der Waals surface area contributed by atoms with Crippen LogP contribution in [0.4, 0.5) is 5.82 Å². The zero-order chi connectivity index (χ0) is 19.3. The van der Waals surface area contributed by atoms with E-state index in [0.29, 0.717) is 30.8 Å². The van der Waals surface area contributed by atoms with Gasteiger partial charge in [0.25, 0.3) is 5.91 Å². The van der Waals surface area contributed by atoms with E-state index in [2.05, 4.69) is 16.4 Å². The third-order valence-corrected chi connectivity index (χ3v) is 4.58. The molecule has 0 saturated heterocycles. The van der Waals surface area contributed by atoms with Crippen LogP contribution in [0.1, 0.15) is 27.0 Å². The quantitative estimate of drug-likeness (QED) is 0.693. The van der Waals surface area contributed by atoms with Crippen molar-refractivity contribution in [1.82, 2.24) is 10.3 Å². The van der Waals surface area contributed by atoms with Gasteiger partial charge in [0.15, 0.2) is 11.5 Å². The number of nitrogen functional groups attached to an aromatic ring is 1. The molecule has 0 bridgehead atoms. The predicted octanol–water partition coefficient (Wildman–Crippen LogP) is 2.76. The number of fused-ring (bicyclic) bond motifs is 1. The van der Waals surface area contributed by atoms with E-state index < -0.39 is 0 Å². The van der Waals surface area contributed by atoms with Crippen molar-refractivity contribution in [2.75, 3.05) is 19.1 Å². The van der Waals surface area contributed by atoms with E-state index in [-0.39, 0.29) is 12.7 Å².